The lowest BCUT2D eigenvalue weighted by Gasteiger charge is -2.11. The number of aromatic nitrogens is 2. The van der Waals surface area contributed by atoms with Crippen molar-refractivity contribution in [2.75, 3.05) is 11.9 Å². The number of carbonyl (C=O) groups excluding carboxylic acids is 2. The molecule has 0 fully saturated rings. The molecule has 4 aromatic rings. The average Bonchev–Trinajstić information content (AvgIpc) is 3.16. The average molecular weight is 463 g/mol. The number of rotatable bonds is 8. The van der Waals surface area contributed by atoms with Crippen LogP contribution in [0.25, 0.3) is 11.0 Å². The number of nitrogens with one attached hydrogen (secondary N) is 2. The SMILES string of the molecule is CCOc1ccc(NC(=O)Cn2c(CNC(=O)c3ccc(Cl)cc3)nc3ccccc32)cc1. The maximum absolute atomic E-state index is 12.8. The molecule has 0 aliphatic carbocycles. The Morgan fingerprint density at radius 2 is 1.73 bits per heavy atom. The predicted molar refractivity (Wildman–Crippen MR) is 129 cm³/mol. The van der Waals surface area contributed by atoms with Crippen molar-refractivity contribution in [3.63, 3.8) is 0 Å². The maximum atomic E-state index is 12.8. The number of hydrogen-bond acceptors (Lipinski definition) is 4. The highest BCUT2D eigenvalue weighted by atomic mass is 35.5. The molecule has 0 aliphatic heterocycles. The Balaban J connectivity index is 1.49. The molecule has 168 valence electrons. The van der Waals surface area contributed by atoms with Crippen LogP contribution in [0.4, 0.5) is 5.69 Å². The van der Waals surface area contributed by atoms with Gasteiger partial charge in [-0.3, -0.25) is 9.59 Å². The van der Waals surface area contributed by atoms with Gasteiger partial charge in [0.25, 0.3) is 5.91 Å². The molecule has 4 rings (SSSR count). The Kier molecular flexibility index (Phi) is 6.90. The third-order valence-corrected chi connectivity index (χ3v) is 5.25. The number of imidazole rings is 1. The number of hydrogen-bond donors (Lipinski definition) is 2. The molecule has 8 heteroatoms. The van der Waals surface area contributed by atoms with Gasteiger partial charge in [0.05, 0.1) is 24.2 Å². The Bertz CT molecular complexity index is 1270. The van der Waals surface area contributed by atoms with E-state index in [1.54, 1.807) is 41.0 Å². The minimum Gasteiger partial charge on any atom is -0.494 e. The van der Waals surface area contributed by atoms with Crippen LogP contribution < -0.4 is 15.4 Å². The molecule has 1 heterocycles. The summed E-state index contributed by atoms with van der Waals surface area (Å²) in [7, 11) is 0. The van der Waals surface area contributed by atoms with Crippen LogP contribution in [0.3, 0.4) is 0 Å². The lowest BCUT2D eigenvalue weighted by molar-refractivity contribution is -0.116. The van der Waals surface area contributed by atoms with Crippen LogP contribution in [-0.2, 0) is 17.9 Å². The molecule has 0 aliphatic rings. The van der Waals surface area contributed by atoms with Crippen molar-refractivity contribution in [3.05, 3.63) is 89.2 Å². The van der Waals surface area contributed by atoms with E-state index in [4.69, 9.17) is 16.3 Å². The standard InChI is InChI=1S/C25H23ClN4O3/c1-2-33-20-13-11-19(12-14-20)28-24(31)16-30-22-6-4-3-5-21(22)29-23(30)15-27-25(32)17-7-9-18(26)10-8-17/h3-14H,2,15-16H2,1H3,(H,27,32)(H,28,31). The van der Waals surface area contributed by atoms with Crippen LogP contribution in [0.2, 0.25) is 5.02 Å². The molecule has 0 saturated heterocycles. The molecule has 0 spiro atoms. The monoisotopic (exact) mass is 462 g/mol. The number of para-hydroxylation sites is 2. The highest BCUT2D eigenvalue weighted by molar-refractivity contribution is 6.30. The van der Waals surface area contributed by atoms with Crippen molar-refractivity contribution < 1.29 is 14.3 Å². The maximum Gasteiger partial charge on any atom is 0.251 e. The molecule has 2 amide bonds. The topological polar surface area (TPSA) is 85.2 Å². The molecule has 3 aromatic carbocycles. The first-order valence-electron chi connectivity index (χ1n) is 10.5. The van der Waals surface area contributed by atoms with Crippen molar-refractivity contribution in [1.82, 2.24) is 14.9 Å². The summed E-state index contributed by atoms with van der Waals surface area (Å²) < 4.78 is 7.24. The zero-order chi connectivity index (χ0) is 23.2. The second-order valence-corrected chi connectivity index (χ2v) is 7.73. The van der Waals surface area contributed by atoms with E-state index >= 15 is 0 Å². The summed E-state index contributed by atoms with van der Waals surface area (Å²) in [5.74, 6) is 0.881. The van der Waals surface area contributed by atoms with Crippen molar-refractivity contribution in [1.29, 1.82) is 0 Å². The molecular formula is C25H23ClN4O3. The van der Waals surface area contributed by atoms with Gasteiger partial charge in [-0.15, -0.1) is 0 Å². The summed E-state index contributed by atoms with van der Waals surface area (Å²) in [6, 6.07) is 21.4. The van der Waals surface area contributed by atoms with Gasteiger partial charge in [-0.25, -0.2) is 4.98 Å². The van der Waals surface area contributed by atoms with Crippen LogP contribution in [0.5, 0.6) is 5.75 Å². The van der Waals surface area contributed by atoms with E-state index in [-0.39, 0.29) is 24.9 Å². The van der Waals surface area contributed by atoms with E-state index in [0.717, 1.165) is 16.8 Å². The van der Waals surface area contributed by atoms with E-state index in [1.807, 2.05) is 43.3 Å². The molecule has 33 heavy (non-hydrogen) atoms. The van der Waals surface area contributed by atoms with Gasteiger partial charge >= 0.3 is 0 Å². The zero-order valence-corrected chi connectivity index (χ0v) is 18.8. The molecule has 0 bridgehead atoms. The first-order chi connectivity index (χ1) is 16.0. The van der Waals surface area contributed by atoms with Gasteiger partial charge in [-0.1, -0.05) is 23.7 Å². The van der Waals surface area contributed by atoms with Crippen molar-refractivity contribution >= 4 is 40.1 Å². The fourth-order valence-corrected chi connectivity index (χ4v) is 3.57. The number of ether oxygens (including phenoxy) is 1. The smallest absolute Gasteiger partial charge is 0.251 e. The second-order valence-electron chi connectivity index (χ2n) is 7.30. The third-order valence-electron chi connectivity index (χ3n) is 5.00. The van der Waals surface area contributed by atoms with Crippen molar-refractivity contribution in [3.8, 4) is 5.75 Å². The minimum absolute atomic E-state index is 0.0554. The number of fused-ring (bicyclic) bond motifs is 1. The summed E-state index contributed by atoms with van der Waals surface area (Å²) in [6.07, 6.45) is 0. The highest BCUT2D eigenvalue weighted by Crippen LogP contribution is 2.18. The summed E-state index contributed by atoms with van der Waals surface area (Å²) in [5, 5.41) is 6.32. The fourth-order valence-electron chi connectivity index (χ4n) is 3.44. The molecule has 0 atom stereocenters. The van der Waals surface area contributed by atoms with Gasteiger partial charge in [0.1, 0.15) is 18.1 Å². The summed E-state index contributed by atoms with van der Waals surface area (Å²) in [5.41, 5.74) is 2.73. The minimum atomic E-state index is -0.246. The highest BCUT2D eigenvalue weighted by Gasteiger charge is 2.15. The van der Waals surface area contributed by atoms with Gasteiger partial charge in [0.15, 0.2) is 0 Å². The van der Waals surface area contributed by atoms with Crippen LogP contribution in [0.15, 0.2) is 72.8 Å². The first kappa shape index (κ1) is 22.4. The van der Waals surface area contributed by atoms with E-state index in [9.17, 15) is 9.59 Å². The number of benzene rings is 3. The van der Waals surface area contributed by atoms with E-state index in [1.165, 1.54) is 0 Å². The van der Waals surface area contributed by atoms with E-state index in [0.29, 0.717) is 28.7 Å². The van der Waals surface area contributed by atoms with Crippen LogP contribution >= 0.6 is 11.6 Å². The molecule has 0 saturated carbocycles. The number of nitrogens with zero attached hydrogens (tertiary/aromatic N) is 2. The quantitative estimate of drug-likeness (QED) is 0.399. The number of halogens is 1. The van der Waals surface area contributed by atoms with Crippen molar-refractivity contribution in [2.45, 2.75) is 20.0 Å². The Morgan fingerprint density at radius 3 is 2.45 bits per heavy atom. The van der Waals surface area contributed by atoms with Gasteiger partial charge in [-0.2, -0.15) is 0 Å². The van der Waals surface area contributed by atoms with Crippen LogP contribution in [-0.4, -0.2) is 28.0 Å². The number of amides is 2. The molecule has 0 radical (unpaired) electrons. The van der Waals surface area contributed by atoms with Crippen LogP contribution in [0, 0.1) is 0 Å². The first-order valence-corrected chi connectivity index (χ1v) is 10.9. The summed E-state index contributed by atoms with van der Waals surface area (Å²) >= 11 is 5.89. The van der Waals surface area contributed by atoms with E-state index < -0.39 is 0 Å². The van der Waals surface area contributed by atoms with E-state index in [2.05, 4.69) is 15.6 Å². The summed E-state index contributed by atoms with van der Waals surface area (Å²) in [4.78, 5) is 29.9. The number of carbonyl (C=O) groups is 2. The third kappa shape index (κ3) is 5.51. The van der Waals surface area contributed by atoms with Gasteiger partial charge in [-0.05, 0) is 67.6 Å². The molecule has 1 aromatic heterocycles. The van der Waals surface area contributed by atoms with Gasteiger partial charge in [0.2, 0.25) is 5.91 Å². The molecule has 7 nitrogen and oxygen atoms in total. The lowest BCUT2D eigenvalue weighted by Crippen LogP contribution is -2.26. The fraction of sp³-hybridized carbons (Fsp3) is 0.160. The van der Waals surface area contributed by atoms with Crippen molar-refractivity contribution in [2.24, 2.45) is 0 Å². The summed E-state index contributed by atoms with van der Waals surface area (Å²) in [6.45, 7) is 2.73. The lowest BCUT2D eigenvalue weighted by atomic mass is 10.2. The number of anilines is 1. The Morgan fingerprint density at radius 1 is 1.00 bits per heavy atom. The van der Waals surface area contributed by atoms with Gasteiger partial charge < -0.3 is 19.9 Å². The molecule has 2 N–H and O–H groups in total. The van der Waals surface area contributed by atoms with Crippen LogP contribution in [0.1, 0.15) is 23.1 Å². The second kappa shape index (κ2) is 10.2. The Labute approximate surface area is 196 Å². The normalized spacial score (nSPS) is 10.7. The van der Waals surface area contributed by atoms with Gasteiger partial charge in [0, 0.05) is 16.3 Å². The molecular weight excluding hydrogens is 440 g/mol. The largest absolute Gasteiger partial charge is 0.494 e. The zero-order valence-electron chi connectivity index (χ0n) is 18.0. The predicted octanol–water partition coefficient (Wildman–Crippen LogP) is 4.66. The molecule has 0 unspecified atom stereocenters. The Hall–Kier alpha value is -3.84.